The molecule has 0 bridgehead atoms. The van der Waals surface area contributed by atoms with Gasteiger partial charge in [0, 0.05) is 10.6 Å². The van der Waals surface area contributed by atoms with Gasteiger partial charge in [-0.15, -0.1) is 11.3 Å². The third kappa shape index (κ3) is 4.83. The first-order valence-electron chi connectivity index (χ1n) is 7.89. The van der Waals surface area contributed by atoms with Gasteiger partial charge in [0.1, 0.15) is 4.88 Å². The first-order valence-corrected chi connectivity index (χ1v) is 8.70. The van der Waals surface area contributed by atoms with E-state index in [9.17, 15) is 9.59 Å². The van der Waals surface area contributed by atoms with Crippen LogP contribution in [0.1, 0.15) is 39.9 Å². The molecule has 0 aliphatic heterocycles. The van der Waals surface area contributed by atoms with Gasteiger partial charge in [-0.1, -0.05) is 31.0 Å². The van der Waals surface area contributed by atoms with Crippen LogP contribution in [0, 0.1) is 6.92 Å². The van der Waals surface area contributed by atoms with Crippen LogP contribution in [0.4, 0.5) is 16.2 Å². The van der Waals surface area contributed by atoms with Gasteiger partial charge >= 0.3 is 12.0 Å². The molecule has 0 spiro atoms. The minimum absolute atomic E-state index is 0.385. The molecule has 1 aromatic heterocycles. The highest BCUT2D eigenvalue weighted by Crippen LogP contribution is 2.29. The standard InChI is InChI=1S/C18H22N2O3S/c1-4-5-6-14-11-15(16(24-14)17(21)23-3)20-18(22)19-13-9-7-12(2)8-10-13/h7-11H,4-6H2,1-3H3,(H2,19,20,22). The van der Waals surface area contributed by atoms with E-state index < -0.39 is 5.97 Å². The van der Waals surface area contributed by atoms with Crippen molar-refractivity contribution in [3.63, 3.8) is 0 Å². The minimum Gasteiger partial charge on any atom is -0.465 e. The number of hydrogen-bond donors (Lipinski definition) is 2. The molecular formula is C18H22N2O3S. The zero-order chi connectivity index (χ0) is 17.5. The quantitative estimate of drug-likeness (QED) is 0.736. The molecule has 128 valence electrons. The molecule has 0 atom stereocenters. The Kier molecular flexibility index (Phi) is 6.37. The molecule has 6 heteroatoms. The Morgan fingerprint density at radius 3 is 2.50 bits per heavy atom. The molecule has 0 unspecified atom stereocenters. The molecule has 2 N–H and O–H groups in total. The molecule has 0 aliphatic rings. The molecule has 0 radical (unpaired) electrons. The van der Waals surface area contributed by atoms with Crippen LogP contribution in [-0.4, -0.2) is 19.1 Å². The number of urea groups is 1. The first kappa shape index (κ1) is 18.0. The number of carbonyl (C=O) groups excluding carboxylic acids is 2. The Balaban J connectivity index is 2.11. The number of amides is 2. The smallest absolute Gasteiger partial charge is 0.350 e. The summed E-state index contributed by atoms with van der Waals surface area (Å²) in [6.07, 6.45) is 2.99. The molecule has 0 aliphatic carbocycles. The van der Waals surface area contributed by atoms with Crippen molar-refractivity contribution in [1.29, 1.82) is 0 Å². The Morgan fingerprint density at radius 2 is 1.88 bits per heavy atom. The highest BCUT2D eigenvalue weighted by atomic mass is 32.1. The number of anilines is 2. The molecule has 24 heavy (non-hydrogen) atoms. The number of hydrogen-bond acceptors (Lipinski definition) is 4. The summed E-state index contributed by atoms with van der Waals surface area (Å²) in [6, 6.07) is 8.96. The molecule has 5 nitrogen and oxygen atoms in total. The molecule has 0 saturated carbocycles. The second-order valence-electron chi connectivity index (χ2n) is 5.50. The third-order valence-corrected chi connectivity index (χ3v) is 4.66. The number of benzene rings is 1. The van der Waals surface area contributed by atoms with Crippen molar-refractivity contribution in [2.45, 2.75) is 33.1 Å². The lowest BCUT2D eigenvalue weighted by Crippen LogP contribution is -2.20. The Labute approximate surface area is 146 Å². The fraction of sp³-hybridized carbons (Fsp3) is 0.333. The summed E-state index contributed by atoms with van der Waals surface area (Å²) in [5.74, 6) is -0.437. The van der Waals surface area contributed by atoms with Crippen molar-refractivity contribution in [3.8, 4) is 0 Å². The van der Waals surface area contributed by atoms with Crippen LogP contribution >= 0.6 is 11.3 Å². The lowest BCUT2D eigenvalue weighted by Gasteiger charge is -2.08. The molecule has 2 aromatic rings. The summed E-state index contributed by atoms with van der Waals surface area (Å²) >= 11 is 1.37. The summed E-state index contributed by atoms with van der Waals surface area (Å²) in [7, 11) is 1.34. The third-order valence-electron chi connectivity index (χ3n) is 3.49. The average molecular weight is 346 g/mol. The molecule has 1 aromatic carbocycles. The second-order valence-corrected chi connectivity index (χ2v) is 6.63. The molecule has 1 heterocycles. The van der Waals surface area contributed by atoms with Gasteiger partial charge in [-0.05, 0) is 38.0 Å². The largest absolute Gasteiger partial charge is 0.465 e. The van der Waals surface area contributed by atoms with Gasteiger partial charge in [-0.25, -0.2) is 9.59 Å². The normalized spacial score (nSPS) is 10.3. The monoisotopic (exact) mass is 346 g/mol. The van der Waals surface area contributed by atoms with Gasteiger partial charge in [0.15, 0.2) is 0 Å². The lowest BCUT2D eigenvalue weighted by atomic mass is 10.2. The van der Waals surface area contributed by atoms with E-state index in [1.54, 1.807) is 0 Å². The average Bonchev–Trinajstić information content (AvgIpc) is 2.97. The second kappa shape index (κ2) is 8.49. The van der Waals surface area contributed by atoms with Crippen molar-refractivity contribution >= 4 is 34.7 Å². The van der Waals surface area contributed by atoms with Gasteiger partial charge in [-0.3, -0.25) is 0 Å². The fourth-order valence-corrected chi connectivity index (χ4v) is 3.25. The van der Waals surface area contributed by atoms with Crippen LogP contribution in [-0.2, 0) is 11.2 Å². The summed E-state index contributed by atoms with van der Waals surface area (Å²) in [5, 5.41) is 5.50. The van der Waals surface area contributed by atoms with Crippen molar-refractivity contribution < 1.29 is 14.3 Å². The van der Waals surface area contributed by atoms with Gasteiger partial charge in [0.2, 0.25) is 0 Å². The number of nitrogens with one attached hydrogen (secondary N) is 2. The van der Waals surface area contributed by atoms with E-state index in [0.717, 1.165) is 29.7 Å². The first-order chi connectivity index (χ1) is 11.5. The summed E-state index contributed by atoms with van der Waals surface area (Å²) in [6.45, 7) is 4.10. The van der Waals surface area contributed by atoms with Crippen LogP contribution in [0.5, 0.6) is 0 Å². The van der Waals surface area contributed by atoms with Crippen LogP contribution in [0.2, 0.25) is 0 Å². The summed E-state index contributed by atoms with van der Waals surface area (Å²) < 4.78 is 4.81. The van der Waals surface area contributed by atoms with Crippen LogP contribution < -0.4 is 10.6 Å². The van der Waals surface area contributed by atoms with Gasteiger partial charge < -0.3 is 15.4 Å². The van der Waals surface area contributed by atoms with Crippen molar-refractivity contribution in [1.82, 2.24) is 0 Å². The number of rotatable bonds is 6. The van der Waals surface area contributed by atoms with Crippen LogP contribution in [0.3, 0.4) is 0 Å². The zero-order valence-corrected chi connectivity index (χ0v) is 15.0. The Bertz CT molecular complexity index is 708. The Morgan fingerprint density at radius 1 is 1.17 bits per heavy atom. The highest BCUT2D eigenvalue weighted by Gasteiger charge is 2.18. The zero-order valence-electron chi connectivity index (χ0n) is 14.1. The maximum Gasteiger partial charge on any atom is 0.350 e. The van der Waals surface area contributed by atoms with Crippen molar-refractivity contribution in [3.05, 3.63) is 45.6 Å². The predicted molar refractivity (Wildman–Crippen MR) is 98.1 cm³/mol. The maximum absolute atomic E-state index is 12.2. The highest BCUT2D eigenvalue weighted by molar-refractivity contribution is 7.14. The van der Waals surface area contributed by atoms with E-state index in [4.69, 9.17) is 4.74 Å². The van der Waals surface area contributed by atoms with E-state index >= 15 is 0 Å². The number of unbranched alkanes of at least 4 members (excludes halogenated alkanes) is 1. The van der Waals surface area contributed by atoms with Crippen molar-refractivity contribution in [2.24, 2.45) is 0 Å². The van der Waals surface area contributed by atoms with Gasteiger partial charge in [0.25, 0.3) is 0 Å². The molecule has 2 rings (SSSR count). The summed E-state index contributed by atoms with van der Waals surface area (Å²) in [5.41, 5.74) is 2.30. The predicted octanol–water partition coefficient (Wildman–Crippen LogP) is 4.83. The van der Waals surface area contributed by atoms with E-state index in [1.165, 1.54) is 18.4 Å². The van der Waals surface area contributed by atoms with E-state index in [-0.39, 0.29) is 6.03 Å². The van der Waals surface area contributed by atoms with Crippen LogP contribution in [0.15, 0.2) is 30.3 Å². The number of carbonyl (C=O) groups is 2. The van der Waals surface area contributed by atoms with Crippen LogP contribution in [0.25, 0.3) is 0 Å². The van der Waals surface area contributed by atoms with E-state index in [2.05, 4.69) is 17.6 Å². The molecule has 0 saturated heterocycles. The molecule has 0 fully saturated rings. The fourth-order valence-electron chi connectivity index (χ4n) is 2.18. The molecule has 2 amide bonds. The number of methoxy groups -OCH3 is 1. The van der Waals surface area contributed by atoms with Crippen molar-refractivity contribution in [2.75, 3.05) is 17.7 Å². The number of esters is 1. The minimum atomic E-state index is -0.437. The SMILES string of the molecule is CCCCc1cc(NC(=O)Nc2ccc(C)cc2)c(C(=O)OC)s1. The Hall–Kier alpha value is -2.34. The lowest BCUT2D eigenvalue weighted by molar-refractivity contribution is 0.0607. The van der Waals surface area contributed by atoms with E-state index in [1.807, 2.05) is 37.3 Å². The topological polar surface area (TPSA) is 67.4 Å². The number of aryl methyl sites for hydroxylation is 2. The van der Waals surface area contributed by atoms with Gasteiger partial charge in [0.05, 0.1) is 12.8 Å². The maximum atomic E-state index is 12.2. The molecular weight excluding hydrogens is 324 g/mol. The number of ether oxygens (including phenoxy) is 1. The summed E-state index contributed by atoms with van der Waals surface area (Å²) in [4.78, 5) is 25.6. The number of thiophene rings is 1. The van der Waals surface area contributed by atoms with E-state index in [0.29, 0.717) is 16.3 Å². The van der Waals surface area contributed by atoms with Gasteiger partial charge in [-0.2, -0.15) is 0 Å².